The number of nitrogens with one attached hydrogen (secondary N) is 1. The van der Waals surface area contributed by atoms with Gasteiger partial charge in [-0.2, -0.15) is 0 Å². The second kappa shape index (κ2) is 4.61. The van der Waals surface area contributed by atoms with Gasteiger partial charge in [0, 0.05) is 31.4 Å². The van der Waals surface area contributed by atoms with E-state index in [-0.39, 0.29) is 18.5 Å². The molecule has 6 nitrogen and oxygen atoms in total. The van der Waals surface area contributed by atoms with Crippen molar-refractivity contribution in [3.05, 3.63) is 12.4 Å². The second-order valence-corrected chi connectivity index (χ2v) is 4.31. The highest BCUT2D eigenvalue weighted by atomic mass is 16.2. The van der Waals surface area contributed by atoms with Crippen LogP contribution in [0, 0.1) is 0 Å². The number of carbonyl (C=O) groups excluding carboxylic acids is 1. The number of amides is 1. The van der Waals surface area contributed by atoms with E-state index in [0.29, 0.717) is 6.04 Å². The Morgan fingerprint density at radius 1 is 1.56 bits per heavy atom. The molecule has 6 heteroatoms. The van der Waals surface area contributed by atoms with Crippen molar-refractivity contribution < 1.29 is 4.79 Å². The van der Waals surface area contributed by atoms with Gasteiger partial charge in [0.2, 0.25) is 5.91 Å². The van der Waals surface area contributed by atoms with Crippen LogP contribution in [0.25, 0.3) is 0 Å². The lowest BCUT2D eigenvalue weighted by Crippen LogP contribution is -2.56. The van der Waals surface area contributed by atoms with Crippen molar-refractivity contribution in [1.29, 1.82) is 0 Å². The number of hydrogen-bond donors (Lipinski definition) is 1. The molecule has 0 aromatic carbocycles. The first kappa shape index (κ1) is 11.1. The van der Waals surface area contributed by atoms with Crippen LogP contribution in [0.5, 0.6) is 0 Å². The van der Waals surface area contributed by atoms with Crippen molar-refractivity contribution >= 4 is 5.91 Å². The maximum Gasteiger partial charge on any atom is 0.244 e. The number of rotatable bonds is 2. The van der Waals surface area contributed by atoms with Gasteiger partial charge in [-0.15, -0.1) is 5.10 Å². The summed E-state index contributed by atoms with van der Waals surface area (Å²) in [5, 5.41) is 10.8. The molecule has 0 saturated carbocycles. The number of carbonyl (C=O) groups is 1. The average Bonchev–Trinajstić information content (AvgIpc) is 2.74. The third-order valence-electron chi connectivity index (χ3n) is 2.85. The molecule has 1 fully saturated rings. The maximum atomic E-state index is 12.0. The molecular weight excluding hydrogens is 206 g/mol. The summed E-state index contributed by atoms with van der Waals surface area (Å²) in [5.41, 5.74) is 0. The van der Waals surface area contributed by atoms with Gasteiger partial charge in [0.25, 0.3) is 0 Å². The zero-order valence-electron chi connectivity index (χ0n) is 9.63. The van der Waals surface area contributed by atoms with E-state index in [9.17, 15) is 4.79 Å². The Labute approximate surface area is 94.6 Å². The summed E-state index contributed by atoms with van der Waals surface area (Å²) in [4.78, 5) is 13.9. The Balaban J connectivity index is 1.97. The summed E-state index contributed by atoms with van der Waals surface area (Å²) in [7, 11) is 0. The highest BCUT2D eigenvalue weighted by molar-refractivity contribution is 5.76. The summed E-state index contributed by atoms with van der Waals surface area (Å²) >= 11 is 0. The summed E-state index contributed by atoms with van der Waals surface area (Å²) in [6, 6.07) is 0.600. The first-order valence-electron chi connectivity index (χ1n) is 5.54. The van der Waals surface area contributed by atoms with E-state index >= 15 is 0 Å². The Morgan fingerprint density at radius 2 is 2.38 bits per heavy atom. The van der Waals surface area contributed by atoms with Crippen molar-refractivity contribution in [2.75, 3.05) is 13.1 Å². The van der Waals surface area contributed by atoms with E-state index in [1.54, 1.807) is 17.1 Å². The Kier molecular flexibility index (Phi) is 3.19. The minimum Gasteiger partial charge on any atom is -0.336 e. The van der Waals surface area contributed by atoms with Gasteiger partial charge in [0.15, 0.2) is 0 Å². The number of nitrogens with zero attached hydrogens (tertiary/aromatic N) is 4. The van der Waals surface area contributed by atoms with Gasteiger partial charge in [0.1, 0.15) is 6.54 Å². The third-order valence-corrected chi connectivity index (χ3v) is 2.85. The lowest BCUT2D eigenvalue weighted by atomic mass is 10.1. The molecule has 1 aromatic heterocycles. The van der Waals surface area contributed by atoms with Crippen molar-refractivity contribution in [2.24, 2.45) is 0 Å². The topological polar surface area (TPSA) is 63.1 Å². The molecule has 2 atom stereocenters. The van der Waals surface area contributed by atoms with Crippen LogP contribution < -0.4 is 5.32 Å². The standard InChI is InChI=1S/C10H17N5O/c1-8-6-15(9(2)5-11-8)10(16)7-14-4-3-12-13-14/h3-4,8-9,11H,5-7H2,1-2H3. The SMILES string of the molecule is CC1CN(C(=O)Cn2ccnn2)C(C)CN1. The lowest BCUT2D eigenvalue weighted by molar-refractivity contribution is -0.135. The predicted molar refractivity (Wildman–Crippen MR) is 58.7 cm³/mol. The molecule has 2 rings (SSSR count). The van der Waals surface area contributed by atoms with Gasteiger partial charge < -0.3 is 10.2 Å². The van der Waals surface area contributed by atoms with E-state index in [0.717, 1.165) is 13.1 Å². The van der Waals surface area contributed by atoms with Gasteiger partial charge in [0.05, 0.1) is 6.20 Å². The second-order valence-electron chi connectivity index (χ2n) is 4.31. The molecular formula is C10H17N5O. The van der Waals surface area contributed by atoms with Crippen LogP contribution in [0.4, 0.5) is 0 Å². The molecule has 2 heterocycles. The number of hydrogen-bond acceptors (Lipinski definition) is 4. The van der Waals surface area contributed by atoms with Crippen LogP contribution in [0.3, 0.4) is 0 Å². The van der Waals surface area contributed by atoms with Gasteiger partial charge in [-0.05, 0) is 13.8 Å². The van der Waals surface area contributed by atoms with Crippen molar-refractivity contribution in [3.8, 4) is 0 Å². The minimum atomic E-state index is 0.103. The molecule has 88 valence electrons. The lowest BCUT2D eigenvalue weighted by Gasteiger charge is -2.37. The van der Waals surface area contributed by atoms with Crippen LogP contribution in [0.15, 0.2) is 12.4 Å². The monoisotopic (exact) mass is 223 g/mol. The molecule has 1 aliphatic rings. The fourth-order valence-corrected chi connectivity index (χ4v) is 1.92. The minimum absolute atomic E-state index is 0.103. The number of piperazine rings is 1. The molecule has 1 amide bonds. The Bertz CT molecular complexity index is 350. The van der Waals surface area contributed by atoms with E-state index in [1.807, 2.05) is 4.90 Å². The van der Waals surface area contributed by atoms with Crippen molar-refractivity contribution in [2.45, 2.75) is 32.5 Å². The van der Waals surface area contributed by atoms with Crippen LogP contribution in [0.1, 0.15) is 13.8 Å². The maximum absolute atomic E-state index is 12.0. The molecule has 1 N–H and O–H groups in total. The summed E-state index contributed by atoms with van der Waals surface area (Å²) in [6.07, 6.45) is 3.28. The van der Waals surface area contributed by atoms with E-state index in [1.165, 1.54) is 0 Å². The molecule has 2 unspecified atom stereocenters. The van der Waals surface area contributed by atoms with E-state index < -0.39 is 0 Å². The fourth-order valence-electron chi connectivity index (χ4n) is 1.92. The average molecular weight is 223 g/mol. The highest BCUT2D eigenvalue weighted by Crippen LogP contribution is 2.07. The van der Waals surface area contributed by atoms with Gasteiger partial charge in [-0.25, -0.2) is 4.68 Å². The smallest absolute Gasteiger partial charge is 0.244 e. The summed E-state index contributed by atoms with van der Waals surface area (Å²) in [6.45, 7) is 6.02. The van der Waals surface area contributed by atoms with Gasteiger partial charge >= 0.3 is 0 Å². The van der Waals surface area contributed by atoms with E-state index in [4.69, 9.17) is 0 Å². The summed E-state index contributed by atoms with van der Waals surface area (Å²) in [5.74, 6) is 0.103. The predicted octanol–water partition coefficient (Wildman–Crippen LogP) is -0.513. The van der Waals surface area contributed by atoms with Crippen LogP contribution in [0.2, 0.25) is 0 Å². The van der Waals surface area contributed by atoms with Gasteiger partial charge in [-0.1, -0.05) is 5.21 Å². The van der Waals surface area contributed by atoms with E-state index in [2.05, 4.69) is 29.5 Å². The molecule has 0 radical (unpaired) electrons. The highest BCUT2D eigenvalue weighted by Gasteiger charge is 2.26. The largest absolute Gasteiger partial charge is 0.336 e. The first-order valence-corrected chi connectivity index (χ1v) is 5.54. The molecule has 1 aliphatic heterocycles. The molecule has 0 aliphatic carbocycles. The normalized spacial score (nSPS) is 25.8. The van der Waals surface area contributed by atoms with Gasteiger partial charge in [-0.3, -0.25) is 4.79 Å². The number of aromatic nitrogens is 3. The van der Waals surface area contributed by atoms with Crippen LogP contribution in [-0.4, -0.2) is 51.0 Å². The molecule has 16 heavy (non-hydrogen) atoms. The molecule has 0 spiro atoms. The Morgan fingerprint density at radius 3 is 3.06 bits per heavy atom. The van der Waals surface area contributed by atoms with Crippen molar-refractivity contribution in [1.82, 2.24) is 25.2 Å². The first-order chi connectivity index (χ1) is 7.66. The third kappa shape index (κ3) is 2.38. The fraction of sp³-hybridized carbons (Fsp3) is 0.700. The van der Waals surface area contributed by atoms with Crippen LogP contribution in [-0.2, 0) is 11.3 Å². The molecule has 1 saturated heterocycles. The Hall–Kier alpha value is -1.43. The zero-order chi connectivity index (χ0) is 11.5. The quantitative estimate of drug-likeness (QED) is 0.733. The zero-order valence-corrected chi connectivity index (χ0v) is 9.63. The van der Waals surface area contributed by atoms with Crippen molar-refractivity contribution in [3.63, 3.8) is 0 Å². The summed E-state index contributed by atoms with van der Waals surface area (Å²) < 4.78 is 1.56. The van der Waals surface area contributed by atoms with Crippen LogP contribution >= 0.6 is 0 Å². The molecule has 0 bridgehead atoms. The molecule has 1 aromatic rings.